The summed E-state index contributed by atoms with van der Waals surface area (Å²) < 4.78 is 10.9. The van der Waals surface area contributed by atoms with Gasteiger partial charge in [-0.05, 0) is 67.5 Å². The molecule has 1 amide bonds. The van der Waals surface area contributed by atoms with E-state index in [0.29, 0.717) is 32.5 Å². The number of nitrogens with zero attached hydrogens (tertiary/aromatic N) is 2. The number of carbonyl (C=O) groups is 2. The molecule has 224 valence electrons. The molecule has 0 bridgehead atoms. The van der Waals surface area contributed by atoms with E-state index in [9.17, 15) is 14.7 Å². The molecule has 1 fully saturated rings. The number of rotatable bonds is 13. The largest absolute Gasteiger partial charge is 0.494 e. The maximum Gasteiger partial charge on any atom is 0.302 e. The van der Waals surface area contributed by atoms with Gasteiger partial charge in [0.1, 0.15) is 11.2 Å². The molecule has 0 radical (unpaired) electrons. The second kappa shape index (κ2) is 14.5. The molecule has 42 heavy (non-hydrogen) atoms. The van der Waals surface area contributed by atoms with Crippen LogP contribution in [0.2, 0.25) is 0 Å². The van der Waals surface area contributed by atoms with Gasteiger partial charge in [-0.1, -0.05) is 72.8 Å². The highest BCUT2D eigenvalue weighted by molar-refractivity contribution is 5.92. The van der Waals surface area contributed by atoms with Gasteiger partial charge in [-0.3, -0.25) is 9.59 Å². The summed E-state index contributed by atoms with van der Waals surface area (Å²) >= 11 is 0. The maximum atomic E-state index is 13.9. The fourth-order valence-corrected chi connectivity index (χ4v) is 5.88. The lowest BCUT2D eigenvalue weighted by Crippen LogP contribution is -2.48. The Bertz CT molecular complexity index is 1250. The summed E-state index contributed by atoms with van der Waals surface area (Å²) in [4.78, 5) is 28.9. The van der Waals surface area contributed by atoms with Crippen molar-refractivity contribution in [3.63, 3.8) is 0 Å². The van der Waals surface area contributed by atoms with Crippen LogP contribution in [0.3, 0.4) is 0 Å². The fraction of sp³-hybridized carbons (Fsp3) is 0.429. The van der Waals surface area contributed by atoms with Gasteiger partial charge in [0, 0.05) is 34.1 Å². The molecule has 4 rings (SSSR count). The Kier molecular flexibility index (Phi) is 10.8. The molecule has 1 N–H and O–H groups in total. The molecule has 0 saturated carbocycles. The van der Waals surface area contributed by atoms with Crippen LogP contribution in [-0.4, -0.2) is 73.7 Å². The van der Waals surface area contributed by atoms with E-state index in [1.807, 2.05) is 74.8 Å². The number of unbranched alkanes of at least 4 members (excludes halogenated alkanes) is 1. The van der Waals surface area contributed by atoms with Gasteiger partial charge in [-0.2, -0.15) is 0 Å². The second-order valence-corrected chi connectivity index (χ2v) is 11.4. The molecule has 1 aliphatic heterocycles. The second-order valence-electron chi connectivity index (χ2n) is 11.4. The SMILES string of the molecule is CC(=O)OCCCCOc1cccc(C2(O)CCN(CCC(C(=O)N(C)C)(c3ccccc3)c3ccccc3)CC2)c1. The van der Waals surface area contributed by atoms with E-state index in [2.05, 4.69) is 29.2 Å². The van der Waals surface area contributed by atoms with Crippen LogP contribution in [0.15, 0.2) is 84.9 Å². The average Bonchev–Trinajstić information content (AvgIpc) is 3.01. The lowest BCUT2D eigenvalue weighted by atomic mass is 9.70. The van der Waals surface area contributed by atoms with Crippen LogP contribution < -0.4 is 4.74 Å². The molecule has 0 unspecified atom stereocenters. The summed E-state index contributed by atoms with van der Waals surface area (Å²) in [5.41, 5.74) is 1.12. The number of benzene rings is 3. The summed E-state index contributed by atoms with van der Waals surface area (Å²) in [6.07, 6.45) is 3.36. The van der Waals surface area contributed by atoms with Crippen LogP contribution >= 0.6 is 0 Å². The first-order valence-corrected chi connectivity index (χ1v) is 14.9. The van der Waals surface area contributed by atoms with Crippen molar-refractivity contribution in [3.05, 3.63) is 102 Å². The third-order valence-electron chi connectivity index (χ3n) is 8.27. The Morgan fingerprint density at radius 2 is 1.48 bits per heavy atom. The van der Waals surface area contributed by atoms with Crippen molar-refractivity contribution < 1.29 is 24.2 Å². The van der Waals surface area contributed by atoms with E-state index in [1.54, 1.807) is 4.90 Å². The van der Waals surface area contributed by atoms with E-state index in [-0.39, 0.29) is 11.9 Å². The van der Waals surface area contributed by atoms with Gasteiger partial charge < -0.3 is 24.4 Å². The van der Waals surface area contributed by atoms with E-state index in [4.69, 9.17) is 9.47 Å². The first kappa shape index (κ1) is 31.3. The summed E-state index contributed by atoms with van der Waals surface area (Å²) in [6, 6.07) is 27.9. The summed E-state index contributed by atoms with van der Waals surface area (Å²) in [6.45, 7) is 4.52. The minimum absolute atomic E-state index is 0.0663. The van der Waals surface area contributed by atoms with E-state index >= 15 is 0 Å². The van der Waals surface area contributed by atoms with E-state index < -0.39 is 11.0 Å². The highest BCUT2D eigenvalue weighted by Gasteiger charge is 2.43. The van der Waals surface area contributed by atoms with Crippen molar-refractivity contribution in [2.45, 2.75) is 50.0 Å². The summed E-state index contributed by atoms with van der Waals surface area (Å²) in [5, 5.41) is 11.6. The molecule has 7 heteroatoms. The predicted octanol–water partition coefficient (Wildman–Crippen LogP) is 5.16. The first-order chi connectivity index (χ1) is 20.2. The van der Waals surface area contributed by atoms with Gasteiger partial charge in [0.15, 0.2) is 0 Å². The van der Waals surface area contributed by atoms with Crippen LogP contribution in [0.4, 0.5) is 0 Å². The predicted molar refractivity (Wildman–Crippen MR) is 164 cm³/mol. The lowest BCUT2D eigenvalue weighted by Gasteiger charge is -2.41. The third kappa shape index (κ3) is 7.58. The fourth-order valence-electron chi connectivity index (χ4n) is 5.88. The van der Waals surface area contributed by atoms with Crippen molar-refractivity contribution in [3.8, 4) is 5.75 Å². The standard InChI is InChI=1S/C35H44N2O5/c1-28(38)41-25-10-11-26-42-32-18-12-17-31(27-32)34(40)19-22-37(23-20-34)24-21-35(33(39)36(2)3,29-13-6-4-7-14-29)30-15-8-5-9-16-30/h4-9,12-18,27,40H,10-11,19-26H2,1-3H3. The topological polar surface area (TPSA) is 79.3 Å². The number of likely N-dealkylation sites (N-methyl/N-ethyl adjacent to an activating group) is 1. The van der Waals surface area contributed by atoms with Crippen LogP contribution in [0.1, 0.15) is 55.7 Å². The number of aliphatic hydroxyl groups is 1. The molecule has 0 aliphatic carbocycles. The number of hydrogen-bond acceptors (Lipinski definition) is 6. The number of ether oxygens (including phenoxy) is 2. The zero-order valence-electron chi connectivity index (χ0n) is 25.1. The van der Waals surface area contributed by atoms with Crippen molar-refractivity contribution in [2.24, 2.45) is 0 Å². The normalized spacial score (nSPS) is 15.1. The molecule has 0 aromatic heterocycles. The maximum absolute atomic E-state index is 13.9. The summed E-state index contributed by atoms with van der Waals surface area (Å²) in [5.74, 6) is 0.529. The van der Waals surface area contributed by atoms with Crippen molar-refractivity contribution in [1.29, 1.82) is 0 Å². The smallest absolute Gasteiger partial charge is 0.302 e. The molecule has 3 aromatic rings. The quantitative estimate of drug-likeness (QED) is 0.225. The lowest BCUT2D eigenvalue weighted by molar-refractivity contribution is -0.141. The van der Waals surface area contributed by atoms with Gasteiger partial charge in [0.2, 0.25) is 5.91 Å². The number of esters is 1. The zero-order chi connectivity index (χ0) is 30.0. The Labute approximate surface area is 250 Å². The van der Waals surface area contributed by atoms with Crippen LogP contribution in [-0.2, 0) is 25.3 Å². The Balaban J connectivity index is 1.41. The number of hydrogen-bond donors (Lipinski definition) is 1. The Hall–Kier alpha value is -3.68. The van der Waals surface area contributed by atoms with Gasteiger partial charge in [0.05, 0.1) is 18.8 Å². The van der Waals surface area contributed by atoms with Gasteiger partial charge in [-0.25, -0.2) is 0 Å². The molecule has 1 heterocycles. The number of carbonyl (C=O) groups excluding carboxylic acids is 2. The van der Waals surface area contributed by atoms with Crippen LogP contribution in [0.25, 0.3) is 0 Å². The minimum Gasteiger partial charge on any atom is -0.494 e. The van der Waals surface area contributed by atoms with E-state index in [1.165, 1.54) is 6.92 Å². The molecule has 7 nitrogen and oxygen atoms in total. The molecule has 0 atom stereocenters. The van der Waals surface area contributed by atoms with Crippen molar-refractivity contribution >= 4 is 11.9 Å². The molecule has 1 saturated heterocycles. The molecule has 3 aromatic carbocycles. The zero-order valence-corrected chi connectivity index (χ0v) is 25.1. The average molecular weight is 573 g/mol. The van der Waals surface area contributed by atoms with Crippen molar-refractivity contribution in [2.75, 3.05) is 46.9 Å². The number of likely N-dealkylation sites (tertiary alicyclic amines) is 1. The van der Waals surface area contributed by atoms with Gasteiger partial charge in [0.25, 0.3) is 0 Å². The highest BCUT2D eigenvalue weighted by atomic mass is 16.5. The van der Waals surface area contributed by atoms with Crippen molar-refractivity contribution in [1.82, 2.24) is 9.80 Å². The van der Waals surface area contributed by atoms with E-state index in [0.717, 1.165) is 54.9 Å². The highest BCUT2D eigenvalue weighted by Crippen LogP contribution is 2.39. The van der Waals surface area contributed by atoms with Gasteiger partial charge in [-0.15, -0.1) is 0 Å². The monoisotopic (exact) mass is 572 g/mol. The molecular formula is C35H44N2O5. The minimum atomic E-state index is -0.930. The molecule has 1 aliphatic rings. The van der Waals surface area contributed by atoms with Crippen LogP contribution in [0, 0.1) is 0 Å². The molecule has 0 spiro atoms. The first-order valence-electron chi connectivity index (χ1n) is 14.9. The third-order valence-corrected chi connectivity index (χ3v) is 8.27. The Morgan fingerprint density at radius 1 is 0.881 bits per heavy atom. The van der Waals surface area contributed by atoms with Gasteiger partial charge >= 0.3 is 5.97 Å². The molecular weight excluding hydrogens is 528 g/mol. The number of piperidine rings is 1. The Morgan fingerprint density at radius 3 is 2.05 bits per heavy atom. The summed E-state index contributed by atoms with van der Waals surface area (Å²) in [7, 11) is 3.65. The van der Waals surface area contributed by atoms with Crippen LogP contribution in [0.5, 0.6) is 5.75 Å². The number of amides is 1.